The number of morpholine rings is 1. The van der Waals surface area contributed by atoms with E-state index in [1.807, 2.05) is 6.20 Å². The predicted octanol–water partition coefficient (Wildman–Crippen LogP) is 3.97. The van der Waals surface area contributed by atoms with Gasteiger partial charge < -0.3 is 25.0 Å². The first kappa shape index (κ1) is 27.1. The number of rotatable bonds is 9. The van der Waals surface area contributed by atoms with Crippen LogP contribution in [0.3, 0.4) is 0 Å². The first-order chi connectivity index (χ1) is 15.0. The molecule has 7 nitrogen and oxygen atoms in total. The van der Waals surface area contributed by atoms with E-state index in [0.29, 0.717) is 12.0 Å². The van der Waals surface area contributed by atoms with E-state index in [1.54, 1.807) is 7.11 Å². The largest absolute Gasteiger partial charge is 0.385 e. The first-order valence-corrected chi connectivity index (χ1v) is 11.9. The van der Waals surface area contributed by atoms with Crippen LogP contribution >= 0.6 is 24.0 Å². The third kappa shape index (κ3) is 8.02. The Morgan fingerprint density at radius 2 is 1.94 bits per heavy atom. The zero-order chi connectivity index (χ0) is 22.1. The van der Waals surface area contributed by atoms with Gasteiger partial charge in [-0.25, -0.2) is 9.98 Å². The highest BCUT2D eigenvalue weighted by molar-refractivity contribution is 14.0. The number of anilines is 1. The number of nitrogens with one attached hydrogen (secondary N) is 2. The van der Waals surface area contributed by atoms with E-state index >= 15 is 0 Å². The van der Waals surface area contributed by atoms with Gasteiger partial charge in [-0.1, -0.05) is 18.9 Å². The molecule has 182 valence electrons. The summed E-state index contributed by atoms with van der Waals surface area (Å²) in [7, 11) is 1.79. The summed E-state index contributed by atoms with van der Waals surface area (Å²) in [6.07, 6.45) is 8.70. The average molecular weight is 560 g/mol. The van der Waals surface area contributed by atoms with Crippen LogP contribution in [0.15, 0.2) is 23.3 Å². The molecule has 2 atom stereocenters. The molecule has 0 amide bonds. The second-order valence-corrected chi connectivity index (χ2v) is 9.19. The minimum Gasteiger partial charge on any atom is -0.385 e. The number of methoxy groups -OCH3 is 1. The van der Waals surface area contributed by atoms with Crippen LogP contribution in [0.1, 0.15) is 58.4 Å². The van der Waals surface area contributed by atoms with Crippen LogP contribution < -0.4 is 15.5 Å². The second kappa shape index (κ2) is 13.5. The van der Waals surface area contributed by atoms with E-state index in [4.69, 9.17) is 19.5 Å². The van der Waals surface area contributed by atoms with Gasteiger partial charge in [-0.15, -0.1) is 24.0 Å². The van der Waals surface area contributed by atoms with E-state index < -0.39 is 0 Å². The van der Waals surface area contributed by atoms with E-state index in [9.17, 15) is 0 Å². The molecular formula is C24H42IN5O2. The Morgan fingerprint density at radius 3 is 2.53 bits per heavy atom. The smallest absolute Gasteiger partial charge is 0.191 e. The van der Waals surface area contributed by atoms with Crippen LogP contribution in [0.2, 0.25) is 0 Å². The molecule has 0 radical (unpaired) electrons. The summed E-state index contributed by atoms with van der Waals surface area (Å²) in [5.41, 5.74) is 1.45. The zero-order valence-corrected chi connectivity index (χ0v) is 22.6. The summed E-state index contributed by atoms with van der Waals surface area (Å²) < 4.78 is 11.2. The maximum Gasteiger partial charge on any atom is 0.191 e. The zero-order valence-electron chi connectivity index (χ0n) is 20.2. The number of pyridine rings is 1. The van der Waals surface area contributed by atoms with Crippen molar-refractivity contribution in [2.45, 2.75) is 71.6 Å². The van der Waals surface area contributed by atoms with Crippen molar-refractivity contribution in [3.05, 3.63) is 23.9 Å². The molecule has 2 N–H and O–H groups in total. The highest BCUT2D eigenvalue weighted by Crippen LogP contribution is 2.40. The molecule has 1 aliphatic heterocycles. The van der Waals surface area contributed by atoms with Gasteiger partial charge in [-0.05, 0) is 57.1 Å². The van der Waals surface area contributed by atoms with E-state index in [0.717, 1.165) is 56.5 Å². The lowest BCUT2D eigenvalue weighted by Crippen LogP contribution is -2.45. The minimum atomic E-state index is 0. The molecule has 1 saturated heterocycles. The molecule has 0 spiro atoms. The number of guanidine groups is 1. The number of hydrogen-bond acceptors (Lipinski definition) is 5. The molecule has 2 unspecified atom stereocenters. The van der Waals surface area contributed by atoms with Gasteiger partial charge in [0.05, 0.1) is 18.8 Å². The number of ether oxygens (including phenoxy) is 2. The Balaban J connectivity index is 0.00000363. The lowest BCUT2D eigenvalue weighted by atomic mass is 9.83. The molecule has 0 aromatic carbocycles. The molecular weight excluding hydrogens is 517 g/mol. The van der Waals surface area contributed by atoms with Gasteiger partial charge in [0.1, 0.15) is 5.82 Å². The van der Waals surface area contributed by atoms with Gasteiger partial charge in [0.25, 0.3) is 0 Å². The molecule has 32 heavy (non-hydrogen) atoms. The van der Waals surface area contributed by atoms with Crippen molar-refractivity contribution in [1.82, 2.24) is 15.6 Å². The number of hydrogen-bond donors (Lipinski definition) is 2. The van der Waals surface area contributed by atoms with Gasteiger partial charge in [0.2, 0.25) is 0 Å². The molecule has 8 heteroatoms. The van der Waals surface area contributed by atoms with Gasteiger partial charge >= 0.3 is 0 Å². The minimum absolute atomic E-state index is 0. The Morgan fingerprint density at radius 1 is 1.22 bits per heavy atom. The fraction of sp³-hybridized carbons (Fsp3) is 0.750. The molecule has 3 rings (SSSR count). The lowest BCUT2D eigenvalue weighted by molar-refractivity contribution is -0.00545. The quantitative estimate of drug-likeness (QED) is 0.271. The normalized spacial score (nSPS) is 23.0. The van der Waals surface area contributed by atoms with Crippen LogP contribution in [-0.4, -0.2) is 63.0 Å². The Bertz CT molecular complexity index is 684. The molecule has 2 fully saturated rings. The van der Waals surface area contributed by atoms with Gasteiger partial charge in [-0.3, -0.25) is 0 Å². The number of aliphatic imine (C=N–C) groups is 1. The summed E-state index contributed by atoms with van der Waals surface area (Å²) >= 11 is 0. The summed E-state index contributed by atoms with van der Waals surface area (Å²) in [5, 5.41) is 6.98. The molecule has 0 bridgehead atoms. The average Bonchev–Trinajstić information content (AvgIpc) is 3.23. The van der Waals surface area contributed by atoms with Crippen molar-refractivity contribution in [3.8, 4) is 0 Å². The fourth-order valence-corrected chi connectivity index (χ4v) is 4.80. The van der Waals surface area contributed by atoms with Crippen molar-refractivity contribution in [3.63, 3.8) is 0 Å². The van der Waals surface area contributed by atoms with Crippen molar-refractivity contribution >= 4 is 35.8 Å². The SMILES string of the molecule is CCNC(=NCc1ccc(N2CC(C)OC(C)C2)nc1)NCC1(CCOC)CCCC1.I. The molecule has 2 aliphatic rings. The van der Waals surface area contributed by atoms with Crippen LogP contribution in [0.5, 0.6) is 0 Å². The van der Waals surface area contributed by atoms with Crippen LogP contribution in [0, 0.1) is 5.41 Å². The molecule has 1 saturated carbocycles. The molecule has 1 aromatic rings. The Hall–Kier alpha value is -1.13. The fourth-order valence-electron chi connectivity index (χ4n) is 4.80. The van der Waals surface area contributed by atoms with Gasteiger partial charge in [-0.2, -0.15) is 0 Å². The highest BCUT2D eigenvalue weighted by Gasteiger charge is 2.33. The monoisotopic (exact) mass is 559 g/mol. The first-order valence-electron chi connectivity index (χ1n) is 11.9. The van der Waals surface area contributed by atoms with Crippen LogP contribution in [0.4, 0.5) is 5.82 Å². The van der Waals surface area contributed by atoms with Crippen molar-refractivity contribution in [2.75, 3.05) is 44.8 Å². The molecule has 2 heterocycles. The van der Waals surface area contributed by atoms with Crippen LogP contribution in [0.25, 0.3) is 0 Å². The third-order valence-corrected chi connectivity index (χ3v) is 6.45. The summed E-state index contributed by atoms with van der Waals surface area (Å²) in [6, 6.07) is 4.24. The third-order valence-electron chi connectivity index (χ3n) is 6.45. The van der Waals surface area contributed by atoms with Gasteiger partial charge in [0, 0.05) is 46.1 Å². The summed E-state index contributed by atoms with van der Waals surface area (Å²) in [6.45, 7) is 11.3. The molecule has 1 aromatic heterocycles. The number of halogens is 1. The lowest BCUT2D eigenvalue weighted by Gasteiger charge is -2.36. The number of aromatic nitrogens is 1. The maximum atomic E-state index is 5.83. The predicted molar refractivity (Wildman–Crippen MR) is 142 cm³/mol. The highest BCUT2D eigenvalue weighted by atomic mass is 127. The number of nitrogens with zero attached hydrogens (tertiary/aromatic N) is 3. The van der Waals surface area contributed by atoms with Crippen molar-refractivity contribution in [2.24, 2.45) is 10.4 Å². The van der Waals surface area contributed by atoms with E-state index in [2.05, 4.69) is 48.4 Å². The van der Waals surface area contributed by atoms with Gasteiger partial charge in [0.15, 0.2) is 5.96 Å². The van der Waals surface area contributed by atoms with Crippen LogP contribution in [-0.2, 0) is 16.0 Å². The van der Waals surface area contributed by atoms with E-state index in [1.165, 1.54) is 25.7 Å². The Labute approximate surface area is 211 Å². The summed E-state index contributed by atoms with van der Waals surface area (Å²) in [4.78, 5) is 11.8. The van der Waals surface area contributed by atoms with Crippen molar-refractivity contribution in [1.29, 1.82) is 0 Å². The molecule has 1 aliphatic carbocycles. The Kier molecular flexibility index (Phi) is 11.5. The van der Waals surface area contributed by atoms with Crippen molar-refractivity contribution < 1.29 is 9.47 Å². The summed E-state index contributed by atoms with van der Waals surface area (Å²) in [5.74, 6) is 1.90. The second-order valence-electron chi connectivity index (χ2n) is 9.19. The maximum absolute atomic E-state index is 5.83. The standard InChI is InChI=1S/C24H41N5O2.HI/c1-5-25-23(28-18-24(12-13-30-4)10-6-7-11-24)27-15-21-8-9-22(26-14-21)29-16-19(2)31-20(3)17-29;/h8-9,14,19-20H,5-7,10-13,15-18H2,1-4H3,(H2,25,27,28);1H. The topological polar surface area (TPSA) is 71.0 Å². The van der Waals surface area contributed by atoms with E-state index in [-0.39, 0.29) is 36.2 Å².